The summed E-state index contributed by atoms with van der Waals surface area (Å²) in [5.41, 5.74) is 0.243. The summed E-state index contributed by atoms with van der Waals surface area (Å²) < 4.78 is 0. The molecule has 0 radical (unpaired) electrons. The van der Waals surface area contributed by atoms with Gasteiger partial charge in [-0.3, -0.25) is 10.1 Å². The Labute approximate surface area is 138 Å². The topological polar surface area (TPSA) is 99.8 Å². The van der Waals surface area contributed by atoms with Crippen molar-refractivity contribution in [3.8, 4) is 0 Å². The fourth-order valence-corrected chi connectivity index (χ4v) is 2.80. The number of carboxylic acid groups (broad SMARTS) is 1. The van der Waals surface area contributed by atoms with Gasteiger partial charge in [-0.25, -0.2) is 9.78 Å². The molecule has 0 unspecified atom stereocenters. The lowest BCUT2D eigenvalue weighted by atomic mass is 10.1. The molecule has 0 amide bonds. The third-order valence-corrected chi connectivity index (χ3v) is 4.01. The lowest BCUT2D eigenvalue weighted by Gasteiger charge is -2.37. The molecule has 1 saturated heterocycles. The molecule has 2 heterocycles. The van der Waals surface area contributed by atoms with E-state index in [0.717, 1.165) is 11.9 Å². The molecule has 1 aromatic carbocycles. The van der Waals surface area contributed by atoms with E-state index < -0.39 is 10.9 Å². The van der Waals surface area contributed by atoms with Gasteiger partial charge in [0.2, 0.25) is 0 Å². The van der Waals surface area contributed by atoms with Crippen LogP contribution in [0.15, 0.2) is 42.6 Å². The van der Waals surface area contributed by atoms with Crippen molar-refractivity contribution in [3.05, 3.63) is 58.3 Å². The summed E-state index contributed by atoms with van der Waals surface area (Å²) in [6.07, 6.45) is 1.74. The first-order chi connectivity index (χ1) is 11.6. The fourth-order valence-electron chi connectivity index (χ4n) is 2.80. The fraction of sp³-hybridized carbons (Fsp3) is 0.250. The summed E-state index contributed by atoms with van der Waals surface area (Å²) in [5, 5.41) is 20.2. The molecule has 0 saturated carbocycles. The minimum Gasteiger partial charge on any atom is -0.478 e. The van der Waals surface area contributed by atoms with Crippen LogP contribution in [0.1, 0.15) is 10.4 Å². The third-order valence-electron chi connectivity index (χ3n) is 4.01. The number of non-ortho nitro benzene ring substituents is 1. The van der Waals surface area contributed by atoms with Crippen LogP contribution in [0.5, 0.6) is 0 Å². The molecule has 2 aromatic rings. The maximum atomic E-state index is 11.5. The van der Waals surface area contributed by atoms with Gasteiger partial charge in [0.25, 0.3) is 5.69 Å². The van der Waals surface area contributed by atoms with Gasteiger partial charge in [-0.05, 0) is 18.2 Å². The molecule has 1 N–H and O–H groups in total. The van der Waals surface area contributed by atoms with Gasteiger partial charge in [0.15, 0.2) is 0 Å². The van der Waals surface area contributed by atoms with Crippen LogP contribution in [-0.4, -0.2) is 47.2 Å². The van der Waals surface area contributed by atoms with Crippen molar-refractivity contribution in [2.75, 3.05) is 36.0 Å². The van der Waals surface area contributed by atoms with E-state index in [0.29, 0.717) is 31.9 Å². The zero-order chi connectivity index (χ0) is 17.1. The number of benzene rings is 1. The van der Waals surface area contributed by atoms with Gasteiger partial charge < -0.3 is 14.9 Å². The second kappa shape index (κ2) is 6.53. The molecular weight excluding hydrogens is 312 g/mol. The van der Waals surface area contributed by atoms with Crippen LogP contribution in [0, 0.1) is 10.1 Å². The lowest BCUT2D eigenvalue weighted by molar-refractivity contribution is -0.384. The van der Waals surface area contributed by atoms with Crippen molar-refractivity contribution in [1.29, 1.82) is 0 Å². The van der Waals surface area contributed by atoms with Gasteiger partial charge >= 0.3 is 5.97 Å². The smallest absolute Gasteiger partial charge is 0.338 e. The molecule has 0 aliphatic carbocycles. The van der Waals surface area contributed by atoms with Crippen molar-refractivity contribution in [1.82, 2.24) is 4.98 Å². The van der Waals surface area contributed by atoms with Crippen molar-refractivity contribution in [2.24, 2.45) is 0 Å². The van der Waals surface area contributed by atoms with E-state index in [9.17, 15) is 20.0 Å². The van der Waals surface area contributed by atoms with Crippen LogP contribution in [0.4, 0.5) is 17.2 Å². The summed E-state index contributed by atoms with van der Waals surface area (Å²) in [6.45, 7) is 2.64. The normalized spacial score (nSPS) is 14.5. The largest absolute Gasteiger partial charge is 0.478 e. The molecule has 0 bridgehead atoms. The first kappa shape index (κ1) is 15.7. The minimum absolute atomic E-state index is 0.0458. The standard InChI is InChI=1S/C16H16N4O4/c21-16(22)13-11-12(20(23)24)4-5-14(13)18-7-9-19(10-8-18)15-3-1-2-6-17-15/h1-6,11H,7-10H2,(H,21,22). The average molecular weight is 328 g/mol. The van der Waals surface area contributed by atoms with Crippen LogP contribution >= 0.6 is 0 Å². The molecule has 1 aliphatic rings. The zero-order valence-electron chi connectivity index (χ0n) is 12.8. The van der Waals surface area contributed by atoms with Crippen molar-refractivity contribution in [3.63, 3.8) is 0 Å². The van der Waals surface area contributed by atoms with E-state index in [1.54, 1.807) is 6.20 Å². The third kappa shape index (κ3) is 3.12. The number of carbonyl (C=O) groups is 1. The second-order valence-electron chi connectivity index (χ2n) is 5.43. The monoisotopic (exact) mass is 328 g/mol. The lowest BCUT2D eigenvalue weighted by Crippen LogP contribution is -2.47. The maximum absolute atomic E-state index is 11.5. The number of hydrogen-bond acceptors (Lipinski definition) is 6. The Morgan fingerprint density at radius 1 is 1.12 bits per heavy atom. The Balaban J connectivity index is 1.79. The van der Waals surface area contributed by atoms with E-state index in [2.05, 4.69) is 9.88 Å². The highest BCUT2D eigenvalue weighted by molar-refractivity contribution is 5.95. The molecule has 24 heavy (non-hydrogen) atoms. The Bertz CT molecular complexity index is 758. The summed E-state index contributed by atoms with van der Waals surface area (Å²) >= 11 is 0. The van der Waals surface area contributed by atoms with Crippen molar-refractivity contribution >= 4 is 23.2 Å². The molecule has 8 nitrogen and oxygen atoms in total. The highest BCUT2D eigenvalue weighted by atomic mass is 16.6. The van der Waals surface area contributed by atoms with E-state index in [4.69, 9.17) is 0 Å². The number of anilines is 2. The van der Waals surface area contributed by atoms with Gasteiger partial charge in [0.1, 0.15) is 5.82 Å². The number of rotatable bonds is 4. The number of pyridine rings is 1. The second-order valence-corrected chi connectivity index (χ2v) is 5.43. The Morgan fingerprint density at radius 3 is 2.42 bits per heavy atom. The van der Waals surface area contributed by atoms with E-state index in [1.165, 1.54) is 12.1 Å². The first-order valence-electron chi connectivity index (χ1n) is 7.49. The average Bonchev–Trinajstić information content (AvgIpc) is 2.62. The summed E-state index contributed by atoms with van der Waals surface area (Å²) in [4.78, 5) is 30.1. The van der Waals surface area contributed by atoms with Gasteiger partial charge in [0.05, 0.1) is 16.2 Å². The number of nitro benzene ring substituents is 1. The van der Waals surface area contributed by atoms with Crippen LogP contribution < -0.4 is 9.80 Å². The number of aromatic nitrogens is 1. The number of piperazine rings is 1. The molecule has 3 rings (SSSR count). The van der Waals surface area contributed by atoms with E-state index in [-0.39, 0.29) is 11.3 Å². The van der Waals surface area contributed by atoms with Crippen molar-refractivity contribution in [2.45, 2.75) is 0 Å². The van der Waals surface area contributed by atoms with Gasteiger partial charge in [-0.15, -0.1) is 0 Å². The molecule has 124 valence electrons. The SMILES string of the molecule is O=C(O)c1cc([N+](=O)[O-])ccc1N1CCN(c2ccccn2)CC1. The first-order valence-corrected chi connectivity index (χ1v) is 7.49. The number of nitro groups is 1. The molecular formula is C16H16N4O4. The predicted octanol–water partition coefficient (Wildman–Crippen LogP) is 2.01. The highest BCUT2D eigenvalue weighted by Gasteiger charge is 2.24. The number of carboxylic acids is 1. The highest BCUT2D eigenvalue weighted by Crippen LogP contribution is 2.27. The van der Waals surface area contributed by atoms with Crippen LogP contribution in [0.2, 0.25) is 0 Å². The van der Waals surface area contributed by atoms with E-state index in [1.807, 2.05) is 23.1 Å². The molecule has 0 spiro atoms. The molecule has 8 heteroatoms. The molecule has 1 fully saturated rings. The van der Waals surface area contributed by atoms with E-state index >= 15 is 0 Å². The van der Waals surface area contributed by atoms with Crippen LogP contribution in [0.3, 0.4) is 0 Å². The van der Waals surface area contributed by atoms with Crippen LogP contribution in [0.25, 0.3) is 0 Å². The van der Waals surface area contributed by atoms with Crippen molar-refractivity contribution < 1.29 is 14.8 Å². The van der Waals surface area contributed by atoms with Crippen LogP contribution in [-0.2, 0) is 0 Å². The van der Waals surface area contributed by atoms with Gasteiger partial charge in [-0.1, -0.05) is 6.07 Å². The molecule has 0 atom stereocenters. The molecule has 1 aromatic heterocycles. The quantitative estimate of drug-likeness (QED) is 0.677. The maximum Gasteiger partial charge on any atom is 0.338 e. The minimum atomic E-state index is -1.17. The Hall–Kier alpha value is -3.16. The van der Waals surface area contributed by atoms with Gasteiger partial charge in [0, 0.05) is 44.5 Å². The number of hydrogen-bond donors (Lipinski definition) is 1. The Morgan fingerprint density at radius 2 is 1.83 bits per heavy atom. The number of aromatic carboxylic acids is 1. The summed E-state index contributed by atoms with van der Waals surface area (Å²) in [5.74, 6) is -0.278. The Kier molecular flexibility index (Phi) is 4.28. The molecule has 1 aliphatic heterocycles. The predicted molar refractivity (Wildman–Crippen MR) is 88.7 cm³/mol. The number of nitrogens with zero attached hydrogens (tertiary/aromatic N) is 4. The summed E-state index contributed by atoms with van der Waals surface area (Å²) in [7, 11) is 0. The summed E-state index contributed by atoms with van der Waals surface area (Å²) in [6, 6.07) is 9.68. The zero-order valence-corrected chi connectivity index (χ0v) is 12.8. The van der Waals surface area contributed by atoms with Gasteiger partial charge in [-0.2, -0.15) is 0 Å².